The summed E-state index contributed by atoms with van der Waals surface area (Å²) < 4.78 is 10.7. The molecule has 0 radical (unpaired) electrons. The first-order valence-electron chi connectivity index (χ1n) is 7.61. The quantitative estimate of drug-likeness (QED) is 0.820. The largest absolute Gasteiger partial charge is 0.493 e. The van der Waals surface area contributed by atoms with Crippen LogP contribution in [0.5, 0.6) is 11.5 Å². The van der Waals surface area contributed by atoms with Crippen LogP contribution in [0.1, 0.15) is 24.3 Å². The standard InChI is InChI=1S/C16H24N2O3S/c1-5-14-15(19)18(9-8-17-2)16(22-14)11-6-7-12(20-3)13(10-11)21-4/h6-7,10,14,16-17H,5,8-9H2,1-4H3/p+1/t14-,16+/m0/s1. The number of hydrogen-bond acceptors (Lipinski definition) is 4. The van der Waals surface area contributed by atoms with E-state index in [1.54, 1.807) is 26.0 Å². The zero-order valence-corrected chi connectivity index (χ0v) is 14.5. The van der Waals surface area contributed by atoms with Gasteiger partial charge >= 0.3 is 0 Å². The van der Waals surface area contributed by atoms with Crippen LogP contribution in [0.2, 0.25) is 0 Å². The number of likely N-dealkylation sites (N-methyl/N-ethyl adjacent to an activating group) is 1. The number of hydrogen-bond donors (Lipinski definition) is 1. The van der Waals surface area contributed by atoms with Gasteiger partial charge in [0.1, 0.15) is 5.37 Å². The normalized spacial score (nSPS) is 21.3. The third-order valence-corrected chi connectivity index (χ3v) is 5.50. The molecule has 0 unspecified atom stereocenters. The third-order valence-electron chi connectivity index (χ3n) is 3.86. The Morgan fingerprint density at radius 1 is 1.27 bits per heavy atom. The van der Waals surface area contributed by atoms with Gasteiger partial charge in [-0.1, -0.05) is 13.0 Å². The van der Waals surface area contributed by atoms with Gasteiger partial charge in [-0.05, 0) is 24.1 Å². The molecule has 6 heteroatoms. The van der Waals surface area contributed by atoms with E-state index in [9.17, 15) is 4.79 Å². The van der Waals surface area contributed by atoms with Crippen LogP contribution in [0.25, 0.3) is 0 Å². The number of ether oxygens (including phenoxy) is 2. The molecular formula is C16H25N2O3S+. The minimum Gasteiger partial charge on any atom is -0.493 e. The lowest BCUT2D eigenvalue weighted by molar-refractivity contribution is -0.626. The van der Waals surface area contributed by atoms with Crippen molar-refractivity contribution in [2.45, 2.75) is 24.0 Å². The molecule has 122 valence electrons. The summed E-state index contributed by atoms with van der Waals surface area (Å²) >= 11 is 1.73. The molecule has 1 saturated heterocycles. The Morgan fingerprint density at radius 3 is 2.59 bits per heavy atom. The van der Waals surface area contributed by atoms with E-state index >= 15 is 0 Å². The lowest BCUT2D eigenvalue weighted by atomic mass is 10.1. The minimum absolute atomic E-state index is 0.0509. The average Bonchev–Trinajstić information content (AvgIpc) is 2.88. The van der Waals surface area contributed by atoms with Gasteiger partial charge in [0, 0.05) is 0 Å². The van der Waals surface area contributed by atoms with Gasteiger partial charge in [-0.2, -0.15) is 0 Å². The van der Waals surface area contributed by atoms with Crippen molar-refractivity contribution in [3.05, 3.63) is 23.8 Å². The minimum atomic E-state index is 0.0509. The Kier molecular flexibility index (Phi) is 5.97. The number of carbonyl (C=O) groups excluding carboxylic acids is 1. The van der Waals surface area contributed by atoms with Crippen molar-refractivity contribution in [1.82, 2.24) is 4.90 Å². The second-order valence-corrected chi connectivity index (χ2v) is 6.52. The summed E-state index contributed by atoms with van der Waals surface area (Å²) in [5, 5.41) is 2.20. The number of quaternary nitrogens is 1. The lowest BCUT2D eigenvalue weighted by Crippen LogP contribution is -2.81. The summed E-state index contributed by atoms with van der Waals surface area (Å²) in [6, 6.07) is 5.90. The van der Waals surface area contributed by atoms with E-state index in [0.717, 1.165) is 25.1 Å². The van der Waals surface area contributed by atoms with Crippen LogP contribution in [0.15, 0.2) is 18.2 Å². The van der Waals surface area contributed by atoms with Crippen LogP contribution in [-0.4, -0.2) is 50.4 Å². The Bertz CT molecular complexity index is 524. The van der Waals surface area contributed by atoms with Crippen LogP contribution in [-0.2, 0) is 4.79 Å². The van der Waals surface area contributed by atoms with Gasteiger partial charge in [0.2, 0.25) is 5.91 Å². The van der Waals surface area contributed by atoms with Gasteiger partial charge < -0.3 is 19.7 Å². The average molecular weight is 325 g/mol. The summed E-state index contributed by atoms with van der Waals surface area (Å²) in [4.78, 5) is 14.5. The fourth-order valence-corrected chi connectivity index (χ4v) is 4.03. The Labute approximate surface area is 136 Å². The molecular weight excluding hydrogens is 300 g/mol. The summed E-state index contributed by atoms with van der Waals surface area (Å²) in [5.41, 5.74) is 1.09. The van der Waals surface area contributed by atoms with Crippen molar-refractivity contribution >= 4 is 17.7 Å². The molecule has 22 heavy (non-hydrogen) atoms. The molecule has 1 aromatic carbocycles. The summed E-state index contributed by atoms with van der Waals surface area (Å²) in [6.45, 7) is 3.74. The second-order valence-electron chi connectivity index (χ2n) is 5.23. The van der Waals surface area contributed by atoms with E-state index in [1.807, 2.05) is 30.1 Å². The first-order valence-corrected chi connectivity index (χ1v) is 8.56. The topological polar surface area (TPSA) is 55.4 Å². The van der Waals surface area contributed by atoms with Crippen molar-refractivity contribution in [1.29, 1.82) is 0 Å². The smallest absolute Gasteiger partial charge is 0.237 e. The number of nitrogens with two attached hydrogens (primary N) is 1. The number of nitrogens with zero attached hydrogens (tertiary/aromatic N) is 1. The molecule has 1 amide bonds. The number of benzene rings is 1. The summed E-state index contributed by atoms with van der Waals surface area (Å²) in [5.74, 6) is 1.66. The Morgan fingerprint density at radius 2 is 2.00 bits per heavy atom. The number of amides is 1. The number of carbonyl (C=O) groups is 1. The highest BCUT2D eigenvalue weighted by Crippen LogP contribution is 2.45. The van der Waals surface area contributed by atoms with Gasteiger partial charge in [-0.25, -0.2) is 0 Å². The van der Waals surface area contributed by atoms with Crippen LogP contribution in [0, 0.1) is 0 Å². The fraction of sp³-hybridized carbons (Fsp3) is 0.562. The van der Waals surface area contributed by atoms with Gasteiger partial charge in [-0.3, -0.25) is 4.79 Å². The van der Waals surface area contributed by atoms with Gasteiger partial charge in [-0.15, -0.1) is 11.8 Å². The van der Waals surface area contributed by atoms with Crippen LogP contribution in [0.3, 0.4) is 0 Å². The van der Waals surface area contributed by atoms with Gasteiger partial charge in [0.05, 0.1) is 39.6 Å². The maximum absolute atomic E-state index is 12.5. The molecule has 1 heterocycles. The van der Waals surface area contributed by atoms with Gasteiger partial charge in [0.25, 0.3) is 0 Å². The van der Waals surface area contributed by atoms with Crippen molar-refractivity contribution in [3.8, 4) is 11.5 Å². The predicted molar refractivity (Wildman–Crippen MR) is 88.4 cm³/mol. The number of thioether (sulfide) groups is 1. The van der Waals surface area contributed by atoms with E-state index in [1.165, 1.54) is 0 Å². The van der Waals surface area contributed by atoms with Crippen LogP contribution in [0.4, 0.5) is 0 Å². The van der Waals surface area contributed by atoms with E-state index in [2.05, 4.69) is 12.2 Å². The molecule has 1 fully saturated rings. The fourth-order valence-electron chi connectivity index (χ4n) is 2.62. The first kappa shape index (κ1) is 17.0. The third kappa shape index (κ3) is 3.33. The molecule has 1 aliphatic heterocycles. The maximum atomic E-state index is 12.5. The molecule has 1 aliphatic rings. The number of rotatable bonds is 7. The monoisotopic (exact) mass is 325 g/mol. The molecule has 0 spiro atoms. The molecule has 2 atom stereocenters. The SMILES string of the molecule is CC[C@@H]1S[C@H](c2ccc(OC)c(OC)c2)N(CC[NH2+]C)C1=O. The van der Waals surface area contributed by atoms with E-state index in [-0.39, 0.29) is 16.5 Å². The Balaban J connectivity index is 2.29. The zero-order chi connectivity index (χ0) is 16.1. The van der Waals surface area contributed by atoms with Crippen molar-refractivity contribution in [2.75, 3.05) is 34.4 Å². The van der Waals surface area contributed by atoms with Gasteiger partial charge in [0.15, 0.2) is 11.5 Å². The first-order chi connectivity index (χ1) is 10.7. The van der Waals surface area contributed by atoms with Crippen LogP contribution < -0.4 is 14.8 Å². The van der Waals surface area contributed by atoms with Crippen molar-refractivity contribution < 1.29 is 19.6 Å². The molecule has 0 saturated carbocycles. The lowest BCUT2D eigenvalue weighted by Gasteiger charge is -2.24. The summed E-state index contributed by atoms with van der Waals surface area (Å²) in [7, 11) is 5.28. The molecule has 2 N–H and O–H groups in total. The highest BCUT2D eigenvalue weighted by molar-refractivity contribution is 8.01. The molecule has 2 rings (SSSR count). The van der Waals surface area contributed by atoms with Crippen molar-refractivity contribution in [2.24, 2.45) is 0 Å². The Hall–Kier alpha value is -1.40. The van der Waals surface area contributed by atoms with Crippen LogP contribution >= 0.6 is 11.8 Å². The highest BCUT2D eigenvalue weighted by Gasteiger charge is 2.40. The van der Waals surface area contributed by atoms with E-state index < -0.39 is 0 Å². The van der Waals surface area contributed by atoms with E-state index in [0.29, 0.717) is 11.5 Å². The number of methoxy groups -OCH3 is 2. The molecule has 5 nitrogen and oxygen atoms in total. The predicted octanol–water partition coefficient (Wildman–Crippen LogP) is 1.25. The molecule has 1 aromatic rings. The maximum Gasteiger partial charge on any atom is 0.237 e. The molecule has 0 bridgehead atoms. The van der Waals surface area contributed by atoms with E-state index in [4.69, 9.17) is 9.47 Å². The molecule has 0 aromatic heterocycles. The molecule has 0 aliphatic carbocycles. The van der Waals surface area contributed by atoms with Crippen molar-refractivity contribution in [3.63, 3.8) is 0 Å². The second kappa shape index (κ2) is 7.74. The summed E-state index contributed by atoms with van der Waals surface area (Å²) in [6.07, 6.45) is 0.861. The zero-order valence-electron chi connectivity index (χ0n) is 13.7. The highest BCUT2D eigenvalue weighted by atomic mass is 32.2.